The molecule has 3 heteroatoms. The Balaban J connectivity index is 1.97. The van der Waals surface area contributed by atoms with Crippen LogP contribution in [0.1, 0.15) is 37.0 Å². The predicted octanol–water partition coefficient (Wildman–Crippen LogP) is 3.96. The molecule has 1 aromatic heterocycles. The van der Waals surface area contributed by atoms with Gasteiger partial charge >= 0.3 is 0 Å². The van der Waals surface area contributed by atoms with E-state index in [1.54, 1.807) is 0 Å². The second kappa shape index (κ2) is 5.46. The van der Waals surface area contributed by atoms with Gasteiger partial charge in [-0.1, -0.05) is 19.3 Å². The summed E-state index contributed by atoms with van der Waals surface area (Å²) in [6.07, 6.45) is 7.78. The van der Waals surface area contributed by atoms with Crippen LogP contribution in [0.15, 0.2) is 15.9 Å². The lowest BCUT2D eigenvalue weighted by Crippen LogP contribution is -2.30. The zero-order chi connectivity index (χ0) is 10.7. The van der Waals surface area contributed by atoms with Gasteiger partial charge in [0, 0.05) is 10.9 Å². The van der Waals surface area contributed by atoms with Crippen molar-refractivity contribution >= 4 is 27.3 Å². The molecule has 0 aliphatic heterocycles. The highest BCUT2D eigenvalue weighted by atomic mass is 79.9. The molecule has 0 radical (unpaired) electrons. The summed E-state index contributed by atoms with van der Waals surface area (Å²) in [6.45, 7) is 0. The van der Waals surface area contributed by atoms with E-state index in [9.17, 15) is 0 Å². The van der Waals surface area contributed by atoms with Crippen molar-refractivity contribution in [1.82, 2.24) is 0 Å². The van der Waals surface area contributed by atoms with Gasteiger partial charge < -0.3 is 5.73 Å². The fraction of sp³-hybridized carbons (Fsp3) is 0.667. The number of hydrogen-bond acceptors (Lipinski definition) is 2. The first-order valence-corrected chi connectivity index (χ1v) is 7.36. The number of rotatable bonds is 2. The normalized spacial score (nSPS) is 27.6. The molecule has 1 aliphatic rings. The fourth-order valence-corrected chi connectivity index (χ4v) is 3.96. The lowest BCUT2D eigenvalue weighted by molar-refractivity contribution is 0.397. The molecular weight excluding hydrogens is 270 g/mol. The van der Waals surface area contributed by atoms with E-state index in [4.69, 9.17) is 5.73 Å². The average molecular weight is 288 g/mol. The molecule has 0 spiro atoms. The van der Waals surface area contributed by atoms with Crippen LogP contribution in [0.5, 0.6) is 0 Å². The highest BCUT2D eigenvalue weighted by Gasteiger charge is 2.20. The zero-order valence-electron chi connectivity index (χ0n) is 8.92. The van der Waals surface area contributed by atoms with Gasteiger partial charge in [0.15, 0.2) is 0 Å². The summed E-state index contributed by atoms with van der Waals surface area (Å²) in [7, 11) is 0. The van der Waals surface area contributed by atoms with Crippen molar-refractivity contribution in [3.8, 4) is 0 Å². The summed E-state index contributed by atoms with van der Waals surface area (Å²) in [5, 5.41) is 0. The zero-order valence-corrected chi connectivity index (χ0v) is 11.3. The summed E-state index contributed by atoms with van der Waals surface area (Å²) in [5.41, 5.74) is 6.23. The Morgan fingerprint density at radius 1 is 1.27 bits per heavy atom. The molecule has 2 atom stereocenters. The molecule has 1 fully saturated rings. The molecular formula is C12H18BrNS. The van der Waals surface area contributed by atoms with Gasteiger partial charge in [-0.3, -0.25) is 0 Å². The monoisotopic (exact) mass is 287 g/mol. The van der Waals surface area contributed by atoms with Gasteiger partial charge in [-0.15, -0.1) is 11.3 Å². The first-order valence-electron chi connectivity index (χ1n) is 5.75. The molecule has 1 nitrogen and oxygen atoms in total. The molecule has 1 heterocycles. The van der Waals surface area contributed by atoms with Crippen molar-refractivity contribution in [2.75, 3.05) is 0 Å². The van der Waals surface area contributed by atoms with Crippen molar-refractivity contribution in [1.29, 1.82) is 0 Å². The van der Waals surface area contributed by atoms with Crippen molar-refractivity contribution in [3.63, 3.8) is 0 Å². The molecule has 0 bridgehead atoms. The number of nitrogens with two attached hydrogens (primary N) is 1. The van der Waals surface area contributed by atoms with E-state index in [2.05, 4.69) is 28.1 Å². The molecule has 1 saturated carbocycles. The molecule has 84 valence electrons. The Hall–Kier alpha value is 0.140. The Bertz CT molecular complexity index is 310. The van der Waals surface area contributed by atoms with Gasteiger partial charge in [0.05, 0.1) is 3.79 Å². The minimum absolute atomic E-state index is 0.424. The standard InChI is InChI=1S/C12H18BrNS/c13-12-7-6-10(15-12)8-9-4-2-1-3-5-11(9)14/h6-7,9,11H,1-5,8,14H2. The van der Waals surface area contributed by atoms with Gasteiger partial charge in [0.25, 0.3) is 0 Å². The number of thiophene rings is 1. The molecule has 1 aromatic rings. The van der Waals surface area contributed by atoms with Gasteiger partial charge in [0.2, 0.25) is 0 Å². The molecule has 0 saturated heterocycles. The highest BCUT2D eigenvalue weighted by Crippen LogP contribution is 2.29. The molecule has 2 unspecified atom stereocenters. The van der Waals surface area contributed by atoms with Gasteiger partial charge in [-0.05, 0) is 53.2 Å². The van der Waals surface area contributed by atoms with Crippen LogP contribution in [-0.2, 0) is 6.42 Å². The molecule has 0 aromatic carbocycles. The van der Waals surface area contributed by atoms with Crippen LogP contribution in [0, 0.1) is 5.92 Å². The lowest BCUT2D eigenvalue weighted by Gasteiger charge is -2.20. The Kier molecular flexibility index (Phi) is 4.23. The van der Waals surface area contributed by atoms with Crippen LogP contribution >= 0.6 is 27.3 Å². The van der Waals surface area contributed by atoms with Crippen LogP contribution in [-0.4, -0.2) is 6.04 Å². The van der Waals surface area contributed by atoms with Crippen molar-refractivity contribution in [2.45, 2.75) is 44.6 Å². The van der Waals surface area contributed by atoms with E-state index in [1.807, 2.05) is 11.3 Å². The second-order valence-electron chi connectivity index (χ2n) is 4.47. The third kappa shape index (κ3) is 3.30. The second-order valence-corrected chi connectivity index (χ2v) is 7.02. The van der Waals surface area contributed by atoms with Crippen molar-refractivity contribution < 1.29 is 0 Å². The lowest BCUT2D eigenvalue weighted by atomic mass is 9.92. The third-order valence-electron chi connectivity index (χ3n) is 3.31. The number of halogens is 1. The SMILES string of the molecule is NC1CCCCCC1Cc1ccc(Br)s1. The van der Waals surface area contributed by atoms with E-state index in [1.165, 1.54) is 47.2 Å². The molecule has 2 rings (SSSR count). The van der Waals surface area contributed by atoms with Crippen LogP contribution in [0.25, 0.3) is 0 Å². The quantitative estimate of drug-likeness (QED) is 0.819. The fourth-order valence-electron chi connectivity index (χ4n) is 2.39. The smallest absolute Gasteiger partial charge is 0.0701 e. The maximum absolute atomic E-state index is 6.23. The largest absolute Gasteiger partial charge is 0.327 e. The minimum Gasteiger partial charge on any atom is -0.327 e. The summed E-state index contributed by atoms with van der Waals surface area (Å²) >= 11 is 5.37. The average Bonchev–Trinajstić information content (AvgIpc) is 2.50. The van der Waals surface area contributed by atoms with Crippen LogP contribution in [0.3, 0.4) is 0 Å². The van der Waals surface area contributed by atoms with Gasteiger partial charge in [-0.2, -0.15) is 0 Å². The molecule has 1 aliphatic carbocycles. The van der Waals surface area contributed by atoms with E-state index in [0.717, 1.165) is 0 Å². The third-order valence-corrected chi connectivity index (χ3v) is 4.96. The summed E-state index contributed by atoms with van der Waals surface area (Å²) in [6, 6.07) is 4.79. The first-order chi connectivity index (χ1) is 7.25. The van der Waals surface area contributed by atoms with E-state index in [0.29, 0.717) is 12.0 Å². The van der Waals surface area contributed by atoms with E-state index < -0.39 is 0 Å². The van der Waals surface area contributed by atoms with Crippen LogP contribution in [0.2, 0.25) is 0 Å². The Morgan fingerprint density at radius 2 is 2.07 bits per heavy atom. The topological polar surface area (TPSA) is 26.0 Å². The first kappa shape index (κ1) is 11.6. The summed E-state index contributed by atoms with van der Waals surface area (Å²) in [5.74, 6) is 0.707. The van der Waals surface area contributed by atoms with E-state index in [-0.39, 0.29) is 0 Å². The molecule has 15 heavy (non-hydrogen) atoms. The molecule has 0 amide bonds. The maximum atomic E-state index is 6.23. The minimum atomic E-state index is 0.424. The van der Waals surface area contributed by atoms with Gasteiger partial charge in [-0.25, -0.2) is 0 Å². The Morgan fingerprint density at radius 3 is 2.80 bits per heavy atom. The predicted molar refractivity (Wildman–Crippen MR) is 70.3 cm³/mol. The molecule has 2 N–H and O–H groups in total. The van der Waals surface area contributed by atoms with Crippen LogP contribution < -0.4 is 5.73 Å². The van der Waals surface area contributed by atoms with Crippen molar-refractivity contribution in [2.24, 2.45) is 11.7 Å². The summed E-state index contributed by atoms with van der Waals surface area (Å²) < 4.78 is 1.24. The van der Waals surface area contributed by atoms with Crippen LogP contribution in [0.4, 0.5) is 0 Å². The highest BCUT2D eigenvalue weighted by molar-refractivity contribution is 9.11. The van der Waals surface area contributed by atoms with Crippen molar-refractivity contribution in [3.05, 3.63) is 20.8 Å². The summed E-state index contributed by atoms with van der Waals surface area (Å²) in [4.78, 5) is 1.48. The number of hydrogen-bond donors (Lipinski definition) is 1. The van der Waals surface area contributed by atoms with E-state index >= 15 is 0 Å². The Labute approximate surface area is 104 Å². The maximum Gasteiger partial charge on any atom is 0.0701 e. The van der Waals surface area contributed by atoms with Gasteiger partial charge in [0.1, 0.15) is 0 Å².